The van der Waals surface area contributed by atoms with Gasteiger partial charge >= 0.3 is 0 Å². The first-order valence-electron chi connectivity index (χ1n) is 9.19. The molecule has 2 aliphatic rings. The Labute approximate surface area is 192 Å². The second-order valence-corrected chi connectivity index (χ2v) is 8.78. The molecular formula is C23H12Cl2N4OS. The Morgan fingerprint density at radius 2 is 1.77 bits per heavy atom. The summed E-state index contributed by atoms with van der Waals surface area (Å²) in [4.78, 5) is 2.74. The number of furan rings is 1. The van der Waals surface area contributed by atoms with Crippen LogP contribution in [0.15, 0.2) is 85.9 Å². The van der Waals surface area contributed by atoms with Crippen molar-refractivity contribution >= 4 is 40.7 Å². The smallest absolute Gasteiger partial charge is 0.135 e. The lowest BCUT2D eigenvalue weighted by Crippen LogP contribution is -2.32. The monoisotopic (exact) mass is 462 g/mol. The average Bonchev–Trinajstić information content (AvgIpc) is 3.38. The summed E-state index contributed by atoms with van der Waals surface area (Å²) in [6, 6.07) is 20.8. The minimum absolute atomic E-state index is 0.265. The van der Waals surface area contributed by atoms with E-state index in [9.17, 15) is 10.5 Å². The number of benzene rings is 2. The van der Waals surface area contributed by atoms with Crippen molar-refractivity contribution in [2.24, 2.45) is 5.73 Å². The maximum Gasteiger partial charge on any atom is 0.135 e. The molecule has 2 aromatic carbocycles. The molecule has 0 aliphatic carbocycles. The predicted molar refractivity (Wildman–Crippen MR) is 121 cm³/mol. The van der Waals surface area contributed by atoms with Crippen molar-refractivity contribution in [2.75, 3.05) is 4.90 Å². The topological polar surface area (TPSA) is 90.0 Å². The molecule has 2 N–H and O–H groups in total. The molecule has 0 amide bonds. The van der Waals surface area contributed by atoms with Crippen LogP contribution in [0.4, 0.5) is 5.69 Å². The Kier molecular flexibility index (Phi) is 4.72. The first-order valence-corrected chi connectivity index (χ1v) is 10.8. The van der Waals surface area contributed by atoms with Gasteiger partial charge in [-0.15, -0.1) is 0 Å². The molecule has 0 fully saturated rings. The molecule has 5 rings (SSSR count). The highest BCUT2D eigenvalue weighted by molar-refractivity contribution is 8.03. The summed E-state index contributed by atoms with van der Waals surface area (Å²) in [5, 5.41) is 21.6. The summed E-state index contributed by atoms with van der Waals surface area (Å²) in [6.07, 6.45) is 0. The van der Waals surface area contributed by atoms with Crippen LogP contribution in [0.3, 0.4) is 0 Å². The molecule has 0 radical (unpaired) electrons. The van der Waals surface area contributed by atoms with Gasteiger partial charge in [0.25, 0.3) is 0 Å². The number of halogens is 2. The van der Waals surface area contributed by atoms with Gasteiger partial charge in [-0.1, -0.05) is 47.1 Å². The third kappa shape index (κ3) is 3.00. The Morgan fingerprint density at radius 3 is 2.52 bits per heavy atom. The first kappa shape index (κ1) is 19.7. The number of nitriles is 2. The van der Waals surface area contributed by atoms with Crippen LogP contribution in [0.2, 0.25) is 10.0 Å². The zero-order chi connectivity index (χ0) is 21.7. The summed E-state index contributed by atoms with van der Waals surface area (Å²) in [5.74, 6) is 0.546. The van der Waals surface area contributed by atoms with E-state index >= 15 is 0 Å². The van der Waals surface area contributed by atoms with Crippen LogP contribution in [0, 0.1) is 22.7 Å². The molecule has 3 heterocycles. The fourth-order valence-electron chi connectivity index (χ4n) is 3.80. The van der Waals surface area contributed by atoms with E-state index in [1.165, 1.54) is 11.8 Å². The Balaban J connectivity index is 1.65. The Morgan fingerprint density at radius 1 is 1.00 bits per heavy atom. The summed E-state index contributed by atoms with van der Waals surface area (Å²) in [7, 11) is 0. The van der Waals surface area contributed by atoms with Gasteiger partial charge in [0.05, 0.1) is 39.9 Å². The number of hydrogen-bond acceptors (Lipinski definition) is 6. The molecule has 2 aliphatic heterocycles. The minimum Gasteiger partial charge on any atom is -0.460 e. The molecule has 1 aromatic heterocycles. The lowest BCUT2D eigenvalue weighted by Gasteiger charge is -2.30. The number of anilines is 1. The lowest BCUT2D eigenvalue weighted by atomic mass is 9.87. The van der Waals surface area contributed by atoms with Gasteiger partial charge in [0.2, 0.25) is 0 Å². The number of para-hydroxylation sites is 1. The van der Waals surface area contributed by atoms with Gasteiger partial charge in [-0.05, 0) is 42.5 Å². The molecule has 0 spiro atoms. The molecule has 0 bridgehead atoms. The van der Waals surface area contributed by atoms with Crippen molar-refractivity contribution in [3.63, 3.8) is 0 Å². The van der Waals surface area contributed by atoms with Gasteiger partial charge in [-0.2, -0.15) is 10.5 Å². The average molecular weight is 463 g/mol. The maximum atomic E-state index is 10.0. The third-order valence-electron chi connectivity index (χ3n) is 5.19. The number of thioether (sulfide) groups is 1. The van der Waals surface area contributed by atoms with Gasteiger partial charge in [0.15, 0.2) is 0 Å². The highest BCUT2D eigenvalue weighted by Gasteiger charge is 2.41. The Bertz CT molecular complexity index is 1390. The summed E-state index contributed by atoms with van der Waals surface area (Å²) < 4.78 is 6.09. The van der Waals surface area contributed by atoms with Crippen LogP contribution in [-0.4, -0.2) is 0 Å². The molecular weight excluding hydrogens is 451 g/mol. The summed E-state index contributed by atoms with van der Waals surface area (Å²) in [6.45, 7) is 0. The second-order valence-electron chi connectivity index (χ2n) is 6.91. The zero-order valence-corrected chi connectivity index (χ0v) is 18.1. The minimum atomic E-state index is -0.706. The van der Waals surface area contributed by atoms with Crippen LogP contribution < -0.4 is 10.6 Å². The molecule has 150 valence electrons. The number of fused-ring (bicyclic) bond motifs is 3. The van der Waals surface area contributed by atoms with E-state index in [2.05, 4.69) is 12.1 Å². The highest BCUT2D eigenvalue weighted by Crippen LogP contribution is 2.54. The SMILES string of the molecule is N#CC1=C(N)N2C(=C(C#N)C1c1ccc(-c3ccc(Cl)cc3Cl)o1)Sc1ccccc12. The summed E-state index contributed by atoms with van der Waals surface area (Å²) >= 11 is 13.8. The fraction of sp³-hybridized carbons (Fsp3) is 0.0435. The first-order chi connectivity index (χ1) is 15.0. The van der Waals surface area contributed by atoms with Crippen molar-refractivity contribution < 1.29 is 4.42 Å². The van der Waals surface area contributed by atoms with Gasteiger partial charge in [0, 0.05) is 15.5 Å². The van der Waals surface area contributed by atoms with Crippen LogP contribution in [0.1, 0.15) is 11.7 Å². The van der Waals surface area contributed by atoms with E-state index in [4.69, 9.17) is 33.4 Å². The number of nitrogens with zero attached hydrogens (tertiary/aromatic N) is 3. The second kappa shape index (κ2) is 7.44. The summed E-state index contributed by atoms with van der Waals surface area (Å²) in [5.41, 5.74) is 8.64. The van der Waals surface area contributed by atoms with E-state index in [-0.39, 0.29) is 5.57 Å². The van der Waals surface area contributed by atoms with Crippen molar-refractivity contribution in [3.05, 3.63) is 92.4 Å². The fourth-order valence-corrected chi connectivity index (χ4v) is 5.48. The molecule has 5 nitrogen and oxygen atoms in total. The van der Waals surface area contributed by atoms with E-state index < -0.39 is 5.92 Å². The largest absolute Gasteiger partial charge is 0.460 e. The van der Waals surface area contributed by atoms with Crippen molar-refractivity contribution in [1.82, 2.24) is 0 Å². The standard InChI is InChI=1S/C23H12Cl2N4OS/c24-12-5-6-13(16(25)9-12)18-7-8-19(30-18)21-14(10-26)22(28)29-17-3-1-2-4-20(17)31-23(29)15(21)11-27/h1-9,21H,28H2. The zero-order valence-electron chi connectivity index (χ0n) is 15.8. The van der Waals surface area contributed by atoms with Crippen molar-refractivity contribution in [2.45, 2.75) is 10.8 Å². The van der Waals surface area contributed by atoms with Crippen LogP contribution in [-0.2, 0) is 0 Å². The van der Waals surface area contributed by atoms with E-state index in [0.29, 0.717) is 43.6 Å². The van der Waals surface area contributed by atoms with Gasteiger partial charge in [-0.3, -0.25) is 4.90 Å². The van der Waals surface area contributed by atoms with Gasteiger partial charge in [-0.25, -0.2) is 0 Å². The molecule has 0 saturated heterocycles. The van der Waals surface area contributed by atoms with E-state index in [0.717, 1.165) is 10.6 Å². The predicted octanol–water partition coefficient (Wildman–Crippen LogP) is 6.39. The number of allylic oxidation sites excluding steroid dienone is 2. The molecule has 1 unspecified atom stereocenters. The van der Waals surface area contributed by atoms with E-state index in [1.54, 1.807) is 35.2 Å². The molecule has 8 heteroatoms. The normalized spacial score (nSPS) is 17.3. The molecule has 0 saturated carbocycles. The van der Waals surface area contributed by atoms with Gasteiger partial charge in [0.1, 0.15) is 22.4 Å². The molecule has 31 heavy (non-hydrogen) atoms. The molecule has 1 atom stereocenters. The number of nitrogens with two attached hydrogens (primary N) is 1. The van der Waals surface area contributed by atoms with Gasteiger partial charge < -0.3 is 10.2 Å². The molecule has 3 aromatic rings. The third-order valence-corrected chi connectivity index (χ3v) is 6.90. The van der Waals surface area contributed by atoms with E-state index in [1.807, 2.05) is 24.3 Å². The van der Waals surface area contributed by atoms with Crippen molar-refractivity contribution in [3.8, 4) is 23.5 Å². The van der Waals surface area contributed by atoms with Crippen LogP contribution in [0.5, 0.6) is 0 Å². The number of hydrogen-bond donors (Lipinski definition) is 1. The lowest BCUT2D eigenvalue weighted by molar-refractivity contribution is 0.513. The quantitative estimate of drug-likeness (QED) is 0.474. The maximum absolute atomic E-state index is 10.0. The van der Waals surface area contributed by atoms with Crippen molar-refractivity contribution in [1.29, 1.82) is 10.5 Å². The highest BCUT2D eigenvalue weighted by atomic mass is 35.5. The Hall–Kier alpha value is -3.29. The van der Waals surface area contributed by atoms with Crippen LogP contribution >= 0.6 is 35.0 Å². The van der Waals surface area contributed by atoms with Crippen LogP contribution in [0.25, 0.3) is 11.3 Å². The number of rotatable bonds is 2.